The van der Waals surface area contributed by atoms with Crippen molar-refractivity contribution in [1.29, 1.82) is 0 Å². The van der Waals surface area contributed by atoms with Crippen molar-refractivity contribution in [3.8, 4) is 11.5 Å². The molecule has 0 atom stereocenters. The van der Waals surface area contributed by atoms with E-state index in [1.54, 1.807) is 18.4 Å². The lowest BCUT2D eigenvalue weighted by Gasteiger charge is -2.14. The van der Waals surface area contributed by atoms with Crippen LogP contribution in [0.1, 0.15) is 11.3 Å². The Morgan fingerprint density at radius 3 is 2.69 bits per heavy atom. The van der Waals surface area contributed by atoms with Crippen molar-refractivity contribution in [3.05, 3.63) is 72.0 Å². The zero-order chi connectivity index (χ0) is 18.1. The first-order valence-corrected chi connectivity index (χ1v) is 7.68. The summed E-state index contributed by atoms with van der Waals surface area (Å²) in [7, 11) is 0. The van der Waals surface area contributed by atoms with Gasteiger partial charge in [-0.05, 0) is 24.3 Å². The van der Waals surface area contributed by atoms with E-state index in [0.717, 1.165) is 12.1 Å². The van der Waals surface area contributed by atoms with Gasteiger partial charge in [-0.25, -0.2) is 28.1 Å². The fourth-order valence-corrected chi connectivity index (χ4v) is 2.59. The maximum atomic E-state index is 13.9. The van der Waals surface area contributed by atoms with Gasteiger partial charge in [0.25, 0.3) is 0 Å². The molecule has 6 nitrogen and oxygen atoms in total. The van der Waals surface area contributed by atoms with Gasteiger partial charge < -0.3 is 14.3 Å². The van der Waals surface area contributed by atoms with Crippen LogP contribution in [0.15, 0.2) is 47.6 Å². The molecule has 0 saturated heterocycles. The topological polar surface area (TPSA) is 68.8 Å². The molecule has 1 aromatic heterocycles. The Hall–Kier alpha value is -3.36. The number of aromatic nitrogens is 4. The van der Waals surface area contributed by atoms with Gasteiger partial charge in [0.15, 0.2) is 29.0 Å². The molecule has 0 radical (unpaired) electrons. The van der Waals surface area contributed by atoms with Crippen LogP contribution in [0.3, 0.4) is 0 Å². The molecule has 0 aliphatic carbocycles. The fraction of sp³-hybridized carbons (Fsp3) is 0.118. The zero-order valence-corrected chi connectivity index (χ0v) is 13.3. The Bertz CT molecular complexity index is 1020. The van der Waals surface area contributed by atoms with Crippen molar-refractivity contribution in [2.75, 3.05) is 5.32 Å². The number of nitrogens with one attached hydrogen (secondary N) is 1. The molecule has 0 unspecified atom stereocenters. The molecule has 0 saturated carbocycles. The molecule has 0 fully saturated rings. The predicted octanol–water partition coefficient (Wildman–Crippen LogP) is 3.45. The maximum Gasteiger partial charge on any atom is 0.166 e. The molecule has 4 rings (SSSR count). The van der Waals surface area contributed by atoms with Gasteiger partial charge in [-0.2, -0.15) is 0 Å². The molecule has 1 aromatic carbocycles. The minimum absolute atomic E-state index is 0.268. The molecule has 132 valence electrons. The number of imidazole rings is 1. The molecule has 2 aliphatic rings. The van der Waals surface area contributed by atoms with Crippen LogP contribution in [0.2, 0.25) is 0 Å². The van der Waals surface area contributed by atoms with Crippen molar-refractivity contribution < 1.29 is 17.6 Å². The van der Waals surface area contributed by atoms with Crippen LogP contribution in [0.4, 0.5) is 19.0 Å². The molecular formula is C17H12F3N5O. The molecule has 0 bridgehead atoms. The quantitative estimate of drug-likeness (QED) is 0.553. The first-order valence-electron chi connectivity index (χ1n) is 7.68. The Morgan fingerprint density at radius 2 is 1.88 bits per heavy atom. The van der Waals surface area contributed by atoms with E-state index >= 15 is 0 Å². The predicted molar refractivity (Wildman–Crippen MR) is 85.9 cm³/mol. The molecule has 3 heterocycles. The molecule has 26 heavy (non-hydrogen) atoms. The van der Waals surface area contributed by atoms with Gasteiger partial charge in [0, 0.05) is 5.56 Å². The molecule has 2 aromatic rings. The first-order chi connectivity index (χ1) is 12.6. The van der Waals surface area contributed by atoms with E-state index in [0.29, 0.717) is 29.6 Å². The fourth-order valence-electron chi connectivity index (χ4n) is 2.59. The summed E-state index contributed by atoms with van der Waals surface area (Å²) in [6.07, 6.45) is 4.24. The van der Waals surface area contributed by atoms with Gasteiger partial charge >= 0.3 is 0 Å². The van der Waals surface area contributed by atoms with Crippen LogP contribution in [-0.4, -0.2) is 19.5 Å². The van der Waals surface area contributed by atoms with E-state index in [9.17, 15) is 13.2 Å². The smallest absolute Gasteiger partial charge is 0.166 e. The summed E-state index contributed by atoms with van der Waals surface area (Å²) in [5.41, 5.74) is 0.0219. The van der Waals surface area contributed by atoms with E-state index in [2.05, 4.69) is 20.3 Å². The van der Waals surface area contributed by atoms with Crippen LogP contribution in [-0.2, 0) is 13.1 Å². The largest absolute Gasteiger partial charge is 0.467 e. The molecule has 1 N–H and O–H groups in total. The third kappa shape index (κ3) is 2.87. The second-order valence-corrected chi connectivity index (χ2v) is 5.52. The average molecular weight is 359 g/mol. The van der Waals surface area contributed by atoms with Gasteiger partial charge in [0.05, 0.1) is 25.7 Å². The summed E-state index contributed by atoms with van der Waals surface area (Å²) < 4.78 is 47.9. The molecular weight excluding hydrogens is 347 g/mol. The van der Waals surface area contributed by atoms with Crippen molar-refractivity contribution in [3.63, 3.8) is 0 Å². The third-order valence-corrected chi connectivity index (χ3v) is 3.88. The molecule has 9 heteroatoms. The van der Waals surface area contributed by atoms with Crippen LogP contribution in [0, 0.1) is 17.5 Å². The lowest BCUT2D eigenvalue weighted by Crippen LogP contribution is -2.13. The van der Waals surface area contributed by atoms with E-state index in [4.69, 9.17) is 4.42 Å². The molecule has 0 amide bonds. The van der Waals surface area contributed by atoms with Crippen molar-refractivity contribution in [2.24, 2.45) is 0 Å². The highest BCUT2D eigenvalue weighted by Gasteiger charge is 2.20. The second-order valence-electron chi connectivity index (χ2n) is 5.52. The van der Waals surface area contributed by atoms with E-state index in [1.807, 2.05) is 0 Å². The third-order valence-electron chi connectivity index (χ3n) is 3.88. The maximum absolute atomic E-state index is 13.9. The van der Waals surface area contributed by atoms with E-state index in [-0.39, 0.29) is 6.54 Å². The Balaban J connectivity index is 1.64. The number of hydrogen-bond donors (Lipinski definition) is 1. The highest BCUT2D eigenvalue weighted by molar-refractivity contribution is 5.66. The lowest BCUT2D eigenvalue weighted by molar-refractivity contribution is 0.474. The summed E-state index contributed by atoms with van der Waals surface area (Å²) in [5.74, 6) is -1.67. The van der Waals surface area contributed by atoms with Gasteiger partial charge in [-0.15, -0.1) is 0 Å². The van der Waals surface area contributed by atoms with E-state index < -0.39 is 23.0 Å². The summed E-state index contributed by atoms with van der Waals surface area (Å²) in [4.78, 5) is 12.5. The average Bonchev–Trinajstić information content (AvgIpc) is 3.32. The standard InChI is InChI=1S/C17H12F3N5O/c18-12-3-4-13(19)14(20)11(12)7-25-9-24-16(15-17(25)23-8-22-15)21-6-10-2-1-5-26-10/h1-5,8-9,21H,6-7H2. The number of anilines is 1. The monoisotopic (exact) mass is 359 g/mol. The summed E-state index contributed by atoms with van der Waals surface area (Å²) in [6, 6.07) is 5.20. The van der Waals surface area contributed by atoms with E-state index in [1.165, 1.54) is 17.2 Å². The normalized spacial score (nSPS) is 11.2. The number of halogens is 3. The summed E-state index contributed by atoms with van der Waals surface area (Å²) >= 11 is 0. The van der Waals surface area contributed by atoms with Gasteiger partial charge in [-0.1, -0.05) is 0 Å². The number of nitrogens with zero attached hydrogens (tertiary/aromatic N) is 4. The van der Waals surface area contributed by atoms with Crippen LogP contribution in [0.25, 0.3) is 11.5 Å². The Labute approximate surface area is 145 Å². The first kappa shape index (κ1) is 16.1. The SMILES string of the molecule is Fc1ccc(F)c(Cn2cnc(NCc3ccco3)c3ncnc2-3)c1F. The number of benzene rings is 1. The summed E-state index contributed by atoms with van der Waals surface area (Å²) in [5, 5.41) is 3.07. The second kappa shape index (κ2) is 6.51. The van der Waals surface area contributed by atoms with Gasteiger partial charge in [0.2, 0.25) is 0 Å². The van der Waals surface area contributed by atoms with Gasteiger partial charge in [-0.3, -0.25) is 0 Å². The highest BCUT2D eigenvalue weighted by Crippen LogP contribution is 2.26. The van der Waals surface area contributed by atoms with Crippen LogP contribution < -0.4 is 5.32 Å². The Morgan fingerprint density at radius 1 is 1.04 bits per heavy atom. The highest BCUT2D eigenvalue weighted by atomic mass is 19.2. The van der Waals surface area contributed by atoms with Crippen molar-refractivity contribution in [1.82, 2.24) is 19.5 Å². The minimum Gasteiger partial charge on any atom is -0.467 e. The van der Waals surface area contributed by atoms with Crippen molar-refractivity contribution in [2.45, 2.75) is 13.1 Å². The number of furan rings is 1. The summed E-state index contributed by atoms with van der Waals surface area (Å²) in [6.45, 7) is 0.120. The van der Waals surface area contributed by atoms with Crippen LogP contribution in [0.5, 0.6) is 0 Å². The Kier molecular flexibility index (Phi) is 4.04. The minimum atomic E-state index is -1.23. The molecule has 0 spiro atoms. The van der Waals surface area contributed by atoms with Gasteiger partial charge in [0.1, 0.15) is 17.9 Å². The lowest BCUT2D eigenvalue weighted by atomic mass is 10.2. The van der Waals surface area contributed by atoms with Crippen molar-refractivity contribution >= 4 is 5.82 Å². The zero-order valence-electron chi connectivity index (χ0n) is 13.3. The molecule has 2 aliphatic heterocycles. The number of fused-ring (bicyclic) bond motifs is 1. The number of hydrogen-bond acceptors (Lipinski definition) is 5. The number of rotatable bonds is 5. The van der Waals surface area contributed by atoms with Crippen LogP contribution >= 0.6 is 0 Å².